The molecule has 0 aliphatic carbocycles. The Hall–Kier alpha value is -1.27. The maximum absolute atomic E-state index is 11.7. The zero-order chi connectivity index (χ0) is 12.1. The Morgan fingerprint density at radius 3 is 3.12 bits per heavy atom. The normalized spacial score (nSPS) is 10.4. The number of hydrogen-bond donors (Lipinski definition) is 1. The Balaban J connectivity index is 1.89. The second-order valence-electron chi connectivity index (χ2n) is 3.62. The first-order valence-electron chi connectivity index (χ1n) is 5.41. The molecule has 6 heteroatoms. The number of hydrogen-bond acceptors (Lipinski definition) is 5. The number of amides is 1. The number of nitrogens with one attached hydrogen (secondary N) is 1. The minimum Gasteiger partial charge on any atom is -0.300 e. The van der Waals surface area contributed by atoms with E-state index >= 15 is 0 Å². The highest BCUT2D eigenvalue weighted by atomic mass is 32.1. The van der Waals surface area contributed by atoms with Gasteiger partial charge in [0.15, 0.2) is 0 Å². The van der Waals surface area contributed by atoms with Gasteiger partial charge in [0.2, 0.25) is 11.0 Å². The van der Waals surface area contributed by atoms with Crippen molar-refractivity contribution in [2.24, 2.45) is 0 Å². The number of aromatic nitrogens is 2. The van der Waals surface area contributed by atoms with E-state index in [0.29, 0.717) is 11.6 Å². The molecule has 0 radical (unpaired) electrons. The van der Waals surface area contributed by atoms with Gasteiger partial charge in [-0.15, -0.1) is 0 Å². The molecule has 0 atom stereocenters. The molecule has 0 spiro atoms. The monoisotopic (exact) mass is 267 g/mol. The predicted molar refractivity (Wildman–Crippen MR) is 70.6 cm³/mol. The van der Waals surface area contributed by atoms with E-state index in [0.717, 1.165) is 24.2 Å². The fourth-order valence-electron chi connectivity index (χ4n) is 1.37. The van der Waals surface area contributed by atoms with E-state index in [9.17, 15) is 4.79 Å². The van der Waals surface area contributed by atoms with Crippen LogP contribution in [-0.4, -0.2) is 15.3 Å². The van der Waals surface area contributed by atoms with Gasteiger partial charge < -0.3 is 5.32 Å². The molecule has 2 aromatic rings. The zero-order valence-electron chi connectivity index (χ0n) is 9.47. The summed E-state index contributed by atoms with van der Waals surface area (Å²) in [6.45, 7) is 2.08. The Bertz CT molecular complexity index is 479. The molecule has 0 unspecified atom stereocenters. The van der Waals surface area contributed by atoms with E-state index in [1.807, 2.05) is 16.8 Å². The fourth-order valence-corrected chi connectivity index (χ4v) is 2.67. The van der Waals surface area contributed by atoms with Crippen LogP contribution < -0.4 is 5.32 Å². The van der Waals surface area contributed by atoms with Crippen LogP contribution in [0.1, 0.15) is 24.7 Å². The molecular formula is C11H13N3OS2. The summed E-state index contributed by atoms with van der Waals surface area (Å²) in [7, 11) is 0. The molecular weight excluding hydrogens is 254 g/mol. The molecule has 90 valence electrons. The van der Waals surface area contributed by atoms with Crippen molar-refractivity contribution in [1.82, 2.24) is 9.36 Å². The molecule has 17 heavy (non-hydrogen) atoms. The minimum absolute atomic E-state index is 0.0393. The summed E-state index contributed by atoms with van der Waals surface area (Å²) in [5, 5.41) is 7.30. The zero-order valence-corrected chi connectivity index (χ0v) is 11.1. The van der Waals surface area contributed by atoms with Crippen LogP contribution in [0.5, 0.6) is 0 Å². The van der Waals surface area contributed by atoms with Crippen LogP contribution >= 0.6 is 22.9 Å². The first-order chi connectivity index (χ1) is 8.28. The molecule has 0 aliphatic rings. The van der Waals surface area contributed by atoms with Crippen LogP contribution in [0.2, 0.25) is 0 Å². The Kier molecular flexibility index (Phi) is 4.22. The fraction of sp³-hybridized carbons (Fsp3) is 0.364. The quantitative estimate of drug-likeness (QED) is 0.906. The number of nitrogens with zero attached hydrogens (tertiary/aromatic N) is 2. The molecule has 0 saturated carbocycles. The summed E-state index contributed by atoms with van der Waals surface area (Å²) in [6.07, 6.45) is 2.27. The maximum atomic E-state index is 11.7. The highest BCUT2D eigenvalue weighted by Crippen LogP contribution is 2.13. The van der Waals surface area contributed by atoms with E-state index in [-0.39, 0.29) is 5.91 Å². The van der Waals surface area contributed by atoms with Gasteiger partial charge in [-0.3, -0.25) is 4.79 Å². The lowest BCUT2D eigenvalue weighted by molar-refractivity contribution is -0.115. The largest absolute Gasteiger partial charge is 0.300 e. The van der Waals surface area contributed by atoms with Crippen LogP contribution in [0, 0.1) is 0 Å². The first kappa shape index (κ1) is 12.2. The Labute approximate surface area is 108 Å². The molecule has 0 fully saturated rings. The van der Waals surface area contributed by atoms with Crippen LogP contribution in [-0.2, 0) is 17.6 Å². The van der Waals surface area contributed by atoms with Crippen LogP contribution in [0.3, 0.4) is 0 Å². The summed E-state index contributed by atoms with van der Waals surface area (Å²) in [5.41, 5.74) is 1.03. The molecule has 1 N–H and O–H groups in total. The van der Waals surface area contributed by atoms with Crippen molar-refractivity contribution in [3.8, 4) is 0 Å². The molecule has 2 rings (SSSR count). The number of carbonyl (C=O) groups is 1. The van der Waals surface area contributed by atoms with Crippen LogP contribution in [0.4, 0.5) is 5.13 Å². The third kappa shape index (κ3) is 3.61. The SMILES string of the molecule is CCCc1nsc(NC(=O)Cc2ccsc2)n1. The van der Waals surface area contributed by atoms with Gasteiger partial charge in [0.05, 0.1) is 6.42 Å². The number of carbonyl (C=O) groups excluding carboxylic acids is 1. The lowest BCUT2D eigenvalue weighted by atomic mass is 10.2. The minimum atomic E-state index is -0.0393. The summed E-state index contributed by atoms with van der Waals surface area (Å²) in [6, 6.07) is 1.95. The van der Waals surface area contributed by atoms with E-state index in [1.165, 1.54) is 11.5 Å². The van der Waals surface area contributed by atoms with E-state index in [2.05, 4.69) is 21.6 Å². The van der Waals surface area contributed by atoms with Gasteiger partial charge in [-0.2, -0.15) is 15.7 Å². The van der Waals surface area contributed by atoms with Crippen molar-refractivity contribution in [3.05, 3.63) is 28.2 Å². The summed E-state index contributed by atoms with van der Waals surface area (Å²) in [5.74, 6) is 0.769. The third-order valence-corrected chi connectivity index (χ3v) is 3.53. The molecule has 4 nitrogen and oxygen atoms in total. The topological polar surface area (TPSA) is 54.9 Å². The van der Waals surface area contributed by atoms with Gasteiger partial charge in [0, 0.05) is 18.0 Å². The molecule has 0 aliphatic heterocycles. The Morgan fingerprint density at radius 2 is 2.41 bits per heavy atom. The average molecular weight is 267 g/mol. The molecule has 0 aromatic carbocycles. The maximum Gasteiger partial charge on any atom is 0.230 e. The van der Waals surface area contributed by atoms with Gasteiger partial charge in [0.25, 0.3) is 0 Å². The molecule has 0 bridgehead atoms. The predicted octanol–water partition coefficient (Wildman–Crippen LogP) is 2.73. The van der Waals surface area contributed by atoms with Crippen molar-refractivity contribution in [2.45, 2.75) is 26.2 Å². The van der Waals surface area contributed by atoms with Crippen molar-refractivity contribution >= 4 is 33.9 Å². The second kappa shape index (κ2) is 5.88. The van der Waals surface area contributed by atoms with E-state index in [4.69, 9.17) is 0 Å². The van der Waals surface area contributed by atoms with Gasteiger partial charge in [-0.25, -0.2) is 4.98 Å². The molecule has 2 aromatic heterocycles. The van der Waals surface area contributed by atoms with E-state index in [1.54, 1.807) is 11.3 Å². The van der Waals surface area contributed by atoms with Crippen molar-refractivity contribution in [1.29, 1.82) is 0 Å². The van der Waals surface area contributed by atoms with Gasteiger partial charge in [0.1, 0.15) is 5.82 Å². The van der Waals surface area contributed by atoms with Crippen molar-refractivity contribution < 1.29 is 4.79 Å². The average Bonchev–Trinajstić information content (AvgIpc) is 2.91. The second-order valence-corrected chi connectivity index (χ2v) is 5.15. The van der Waals surface area contributed by atoms with Gasteiger partial charge in [-0.05, 0) is 28.8 Å². The van der Waals surface area contributed by atoms with Crippen molar-refractivity contribution in [2.75, 3.05) is 5.32 Å². The summed E-state index contributed by atoms with van der Waals surface area (Å²) in [4.78, 5) is 15.9. The smallest absolute Gasteiger partial charge is 0.230 e. The highest BCUT2D eigenvalue weighted by molar-refractivity contribution is 7.09. The molecule has 1 amide bonds. The number of anilines is 1. The van der Waals surface area contributed by atoms with Gasteiger partial charge in [-0.1, -0.05) is 6.92 Å². The third-order valence-electron chi connectivity index (χ3n) is 2.13. The van der Waals surface area contributed by atoms with E-state index < -0.39 is 0 Å². The molecule has 2 heterocycles. The summed E-state index contributed by atoms with van der Waals surface area (Å²) >= 11 is 2.83. The lowest BCUT2D eigenvalue weighted by Crippen LogP contribution is -2.13. The number of aryl methyl sites for hydroxylation is 1. The summed E-state index contributed by atoms with van der Waals surface area (Å²) < 4.78 is 4.17. The van der Waals surface area contributed by atoms with Crippen LogP contribution in [0.15, 0.2) is 16.8 Å². The molecule has 0 saturated heterocycles. The van der Waals surface area contributed by atoms with Crippen molar-refractivity contribution in [3.63, 3.8) is 0 Å². The lowest BCUT2D eigenvalue weighted by Gasteiger charge is -1.98. The number of rotatable bonds is 5. The Morgan fingerprint density at radius 1 is 1.53 bits per heavy atom. The standard InChI is InChI=1S/C11H13N3OS2/c1-2-3-9-12-11(17-14-9)13-10(15)6-8-4-5-16-7-8/h4-5,7H,2-3,6H2,1H3,(H,12,13,14,15). The van der Waals surface area contributed by atoms with Gasteiger partial charge >= 0.3 is 0 Å². The van der Waals surface area contributed by atoms with Crippen LogP contribution in [0.25, 0.3) is 0 Å². The number of thiophene rings is 1. The first-order valence-corrected chi connectivity index (χ1v) is 7.13. The highest BCUT2D eigenvalue weighted by Gasteiger charge is 2.08.